The topological polar surface area (TPSA) is 0 Å². The lowest BCUT2D eigenvalue weighted by Crippen LogP contribution is -2.05. The van der Waals surface area contributed by atoms with Crippen LogP contribution in [0.15, 0.2) is 60.7 Å². The zero-order chi connectivity index (χ0) is 23.6. The van der Waals surface area contributed by atoms with Gasteiger partial charge in [-0.3, -0.25) is 0 Å². The minimum absolute atomic E-state index is 0.914. The molecule has 0 N–H and O–H groups in total. The average molecular weight is 455 g/mol. The fourth-order valence-electron chi connectivity index (χ4n) is 5.93. The second-order valence-corrected chi connectivity index (χ2v) is 10.9. The van der Waals surface area contributed by atoms with E-state index < -0.39 is 0 Å². The Bertz CT molecular complexity index is 925. The summed E-state index contributed by atoms with van der Waals surface area (Å²) in [5.41, 5.74) is 8.63. The van der Waals surface area contributed by atoms with Crippen molar-refractivity contribution in [3.63, 3.8) is 0 Å². The molecule has 0 heteroatoms. The Hall–Kier alpha value is -2.08. The largest absolute Gasteiger partial charge is 0.0804 e. The molecule has 2 unspecified atom stereocenters. The molecule has 0 radical (unpaired) electrons. The number of rotatable bonds is 11. The number of benzene rings is 2. The molecule has 0 aliphatic heterocycles. The maximum absolute atomic E-state index is 2.53. The number of allylic oxidation sites excluding steroid dienone is 4. The van der Waals surface area contributed by atoms with E-state index in [1.807, 2.05) is 0 Å². The second kappa shape index (κ2) is 13.1. The summed E-state index contributed by atoms with van der Waals surface area (Å²) in [5, 5.41) is 0. The van der Waals surface area contributed by atoms with Gasteiger partial charge in [0.2, 0.25) is 0 Å². The lowest BCUT2D eigenvalue weighted by atomic mass is 9.83. The zero-order valence-corrected chi connectivity index (χ0v) is 21.8. The molecule has 2 aromatic carbocycles. The van der Waals surface area contributed by atoms with Gasteiger partial charge in [0.1, 0.15) is 0 Å². The second-order valence-electron chi connectivity index (χ2n) is 10.9. The van der Waals surface area contributed by atoms with E-state index in [0.29, 0.717) is 0 Å². The minimum Gasteiger partial charge on any atom is -0.0804 e. The fourth-order valence-corrected chi connectivity index (χ4v) is 5.93. The molecule has 0 aromatic heterocycles. The standard InChI is InChI=1S/C34H46/c1-3-5-7-8-10-28-13-17-30(18-14-28)32-21-25-34(26-22-32)33-23-19-31(20-24-33)29-15-11-27(12-16-29)9-6-4-2/h15,17,19-28H,3-14,16,18H2,1-2H3. The summed E-state index contributed by atoms with van der Waals surface area (Å²) in [5.74, 6) is 1.83. The summed E-state index contributed by atoms with van der Waals surface area (Å²) in [6.45, 7) is 4.60. The Morgan fingerprint density at radius 1 is 0.529 bits per heavy atom. The third kappa shape index (κ3) is 6.97. The minimum atomic E-state index is 0.914. The maximum Gasteiger partial charge on any atom is -0.0184 e. The van der Waals surface area contributed by atoms with Crippen LogP contribution in [-0.2, 0) is 0 Å². The molecule has 0 fully saturated rings. The molecule has 0 amide bonds. The van der Waals surface area contributed by atoms with Crippen LogP contribution in [0.3, 0.4) is 0 Å². The van der Waals surface area contributed by atoms with Crippen LogP contribution >= 0.6 is 0 Å². The van der Waals surface area contributed by atoms with Gasteiger partial charge in [-0.1, -0.05) is 126 Å². The molecule has 4 rings (SSSR count). The highest BCUT2D eigenvalue weighted by Gasteiger charge is 2.16. The molecule has 2 aliphatic carbocycles. The molecule has 0 saturated carbocycles. The van der Waals surface area contributed by atoms with Crippen LogP contribution in [0.4, 0.5) is 0 Å². The van der Waals surface area contributed by atoms with Gasteiger partial charge in [-0.2, -0.15) is 0 Å². The highest BCUT2D eigenvalue weighted by atomic mass is 14.2. The predicted octanol–water partition coefficient (Wildman–Crippen LogP) is 10.9. The molecular weight excluding hydrogens is 408 g/mol. The van der Waals surface area contributed by atoms with Crippen LogP contribution in [0.25, 0.3) is 22.3 Å². The number of hydrogen-bond acceptors (Lipinski definition) is 0. The Kier molecular flexibility index (Phi) is 9.66. The summed E-state index contributed by atoms with van der Waals surface area (Å²) in [7, 11) is 0. The van der Waals surface area contributed by atoms with Gasteiger partial charge in [0.15, 0.2) is 0 Å². The van der Waals surface area contributed by atoms with Crippen molar-refractivity contribution in [2.24, 2.45) is 11.8 Å². The molecule has 182 valence electrons. The van der Waals surface area contributed by atoms with Gasteiger partial charge in [0.05, 0.1) is 0 Å². The first-order valence-electron chi connectivity index (χ1n) is 14.4. The lowest BCUT2D eigenvalue weighted by molar-refractivity contribution is 0.425. The lowest BCUT2D eigenvalue weighted by Gasteiger charge is -2.22. The highest BCUT2D eigenvalue weighted by molar-refractivity contribution is 5.73. The molecule has 0 nitrogen and oxygen atoms in total. The van der Waals surface area contributed by atoms with Crippen LogP contribution < -0.4 is 0 Å². The molecule has 0 heterocycles. The van der Waals surface area contributed by atoms with Gasteiger partial charge in [-0.15, -0.1) is 0 Å². The van der Waals surface area contributed by atoms with Crippen molar-refractivity contribution in [3.05, 3.63) is 71.8 Å². The third-order valence-corrected chi connectivity index (χ3v) is 8.32. The number of unbranched alkanes of at least 4 members (excludes halogenated alkanes) is 4. The van der Waals surface area contributed by atoms with Gasteiger partial charge < -0.3 is 0 Å². The summed E-state index contributed by atoms with van der Waals surface area (Å²) < 4.78 is 0. The molecule has 0 spiro atoms. The van der Waals surface area contributed by atoms with Gasteiger partial charge in [0.25, 0.3) is 0 Å². The predicted molar refractivity (Wildman–Crippen MR) is 151 cm³/mol. The SMILES string of the molecule is CCCCCCC1CC=C(c2ccc(-c3ccc(C4=CCC(CCCC)CC4)cc3)cc2)CC1. The monoisotopic (exact) mass is 454 g/mol. The van der Waals surface area contributed by atoms with E-state index in [1.165, 1.54) is 112 Å². The van der Waals surface area contributed by atoms with Crippen molar-refractivity contribution in [3.8, 4) is 11.1 Å². The highest BCUT2D eigenvalue weighted by Crippen LogP contribution is 2.35. The van der Waals surface area contributed by atoms with E-state index in [-0.39, 0.29) is 0 Å². The molecule has 0 bridgehead atoms. The van der Waals surface area contributed by atoms with Crippen molar-refractivity contribution in [2.75, 3.05) is 0 Å². The van der Waals surface area contributed by atoms with E-state index in [2.05, 4.69) is 74.5 Å². The Morgan fingerprint density at radius 2 is 0.971 bits per heavy atom. The molecule has 2 aliphatic rings. The zero-order valence-electron chi connectivity index (χ0n) is 21.8. The first-order valence-corrected chi connectivity index (χ1v) is 14.4. The Labute approximate surface area is 209 Å². The van der Waals surface area contributed by atoms with Crippen LogP contribution in [-0.4, -0.2) is 0 Å². The van der Waals surface area contributed by atoms with Gasteiger partial charge in [0, 0.05) is 0 Å². The van der Waals surface area contributed by atoms with Crippen molar-refractivity contribution in [2.45, 2.75) is 104 Å². The molecule has 2 atom stereocenters. The van der Waals surface area contributed by atoms with Crippen molar-refractivity contribution >= 4 is 11.1 Å². The van der Waals surface area contributed by atoms with E-state index in [1.54, 1.807) is 11.1 Å². The van der Waals surface area contributed by atoms with E-state index in [0.717, 1.165) is 11.8 Å². The summed E-state index contributed by atoms with van der Waals surface area (Å²) >= 11 is 0. The maximum atomic E-state index is 2.53. The molecular formula is C34H46. The van der Waals surface area contributed by atoms with Crippen molar-refractivity contribution in [1.82, 2.24) is 0 Å². The van der Waals surface area contributed by atoms with Crippen LogP contribution in [0.5, 0.6) is 0 Å². The molecule has 0 saturated heterocycles. The molecule has 2 aromatic rings. The summed E-state index contributed by atoms with van der Waals surface area (Å²) in [6, 6.07) is 18.6. The Balaban J connectivity index is 1.31. The smallest absolute Gasteiger partial charge is 0.0184 e. The normalized spacial score (nSPS) is 20.6. The summed E-state index contributed by atoms with van der Waals surface area (Å²) in [6.07, 6.45) is 24.0. The van der Waals surface area contributed by atoms with Crippen molar-refractivity contribution < 1.29 is 0 Å². The van der Waals surface area contributed by atoms with E-state index >= 15 is 0 Å². The van der Waals surface area contributed by atoms with E-state index in [4.69, 9.17) is 0 Å². The van der Waals surface area contributed by atoms with Crippen molar-refractivity contribution in [1.29, 1.82) is 0 Å². The third-order valence-electron chi connectivity index (χ3n) is 8.32. The first-order chi connectivity index (χ1) is 16.8. The average Bonchev–Trinajstić information content (AvgIpc) is 2.91. The Morgan fingerprint density at radius 3 is 1.38 bits per heavy atom. The summed E-state index contributed by atoms with van der Waals surface area (Å²) in [4.78, 5) is 0. The van der Waals surface area contributed by atoms with E-state index in [9.17, 15) is 0 Å². The molecule has 34 heavy (non-hydrogen) atoms. The van der Waals surface area contributed by atoms with Gasteiger partial charge >= 0.3 is 0 Å². The number of hydrogen-bond donors (Lipinski definition) is 0. The quantitative estimate of drug-likeness (QED) is 0.296. The van der Waals surface area contributed by atoms with Crippen LogP contribution in [0.1, 0.15) is 115 Å². The first kappa shape index (κ1) is 25.0. The van der Waals surface area contributed by atoms with Crippen LogP contribution in [0.2, 0.25) is 0 Å². The van der Waals surface area contributed by atoms with Crippen LogP contribution in [0, 0.1) is 11.8 Å². The van der Waals surface area contributed by atoms with Gasteiger partial charge in [-0.05, 0) is 83.8 Å². The van der Waals surface area contributed by atoms with Gasteiger partial charge in [-0.25, -0.2) is 0 Å². The fraction of sp³-hybridized carbons (Fsp3) is 0.529.